The molecule has 0 radical (unpaired) electrons. The molecule has 1 heterocycles. The summed E-state index contributed by atoms with van der Waals surface area (Å²) in [6, 6.07) is 0. The Bertz CT molecular complexity index is 331. The molecule has 6 nitrogen and oxygen atoms in total. The molecule has 1 rings (SSSR count). The van der Waals surface area contributed by atoms with Crippen LogP contribution in [0.1, 0.15) is 25.6 Å². The van der Waals surface area contributed by atoms with Crippen LogP contribution in [0.4, 0.5) is 0 Å². The maximum atomic E-state index is 5.57. The molecular weight excluding hydrogens is 258 g/mol. The smallest absolute Gasteiger partial charge is 0.122 e. The van der Waals surface area contributed by atoms with E-state index in [1.165, 1.54) is 0 Å². The van der Waals surface area contributed by atoms with Crippen LogP contribution in [-0.4, -0.2) is 49.2 Å². The summed E-state index contributed by atoms with van der Waals surface area (Å²) in [6.45, 7) is 7.33. The van der Waals surface area contributed by atoms with Gasteiger partial charge in [0.25, 0.3) is 0 Å². The highest BCUT2D eigenvalue weighted by Crippen LogP contribution is 1.96. The van der Waals surface area contributed by atoms with Crippen molar-refractivity contribution in [3.63, 3.8) is 0 Å². The van der Waals surface area contributed by atoms with E-state index in [1.54, 1.807) is 6.20 Å². The number of hydrogen-bond acceptors (Lipinski definition) is 5. The highest BCUT2D eigenvalue weighted by Gasteiger charge is 1.99. The summed E-state index contributed by atoms with van der Waals surface area (Å²) in [5.74, 6) is 0.883. The van der Waals surface area contributed by atoms with E-state index in [4.69, 9.17) is 19.9 Å². The molecule has 0 saturated heterocycles. The average Bonchev–Trinajstić information content (AvgIpc) is 2.92. The molecule has 1 aromatic heterocycles. The van der Waals surface area contributed by atoms with Crippen molar-refractivity contribution < 1.29 is 14.2 Å². The van der Waals surface area contributed by atoms with Crippen molar-refractivity contribution in [2.75, 3.05) is 39.6 Å². The summed E-state index contributed by atoms with van der Waals surface area (Å²) >= 11 is 0. The second-order valence-electron chi connectivity index (χ2n) is 4.43. The normalized spacial score (nSPS) is 11.1. The Morgan fingerprint density at radius 2 is 1.70 bits per heavy atom. The summed E-state index contributed by atoms with van der Waals surface area (Å²) in [7, 11) is 0. The van der Waals surface area contributed by atoms with Crippen LogP contribution in [-0.2, 0) is 27.3 Å². The van der Waals surface area contributed by atoms with Gasteiger partial charge in [-0.1, -0.05) is 13.3 Å². The fourth-order valence-corrected chi connectivity index (χ4v) is 1.68. The Balaban J connectivity index is 1.85. The Labute approximate surface area is 121 Å². The Kier molecular flexibility index (Phi) is 10.1. The number of aromatic nitrogens is 2. The molecule has 0 bridgehead atoms. The van der Waals surface area contributed by atoms with Gasteiger partial charge in [0.15, 0.2) is 0 Å². The van der Waals surface area contributed by atoms with E-state index in [9.17, 15) is 0 Å². The van der Waals surface area contributed by atoms with Crippen LogP contribution in [0.3, 0.4) is 0 Å². The van der Waals surface area contributed by atoms with Crippen molar-refractivity contribution >= 4 is 0 Å². The predicted octanol–water partition coefficient (Wildman–Crippen LogP) is 1.19. The van der Waals surface area contributed by atoms with Gasteiger partial charge >= 0.3 is 0 Å². The summed E-state index contributed by atoms with van der Waals surface area (Å²) in [5.41, 5.74) is 5.57. The van der Waals surface area contributed by atoms with Crippen molar-refractivity contribution in [2.45, 2.75) is 32.9 Å². The molecular formula is C14H27N3O3. The molecule has 116 valence electrons. The number of nitrogens with zero attached hydrogens (tertiary/aromatic N) is 2. The van der Waals surface area contributed by atoms with E-state index in [-0.39, 0.29) is 0 Å². The molecule has 0 fully saturated rings. The topological polar surface area (TPSA) is 71.5 Å². The third-order valence-electron chi connectivity index (χ3n) is 2.85. The van der Waals surface area contributed by atoms with Gasteiger partial charge in [-0.15, -0.1) is 0 Å². The van der Waals surface area contributed by atoms with Gasteiger partial charge in [0.2, 0.25) is 0 Å². The zero-order valence-corrected chi connectivity index (χ0v) is 12.4. The Hall–Kier alpha value is -0.950. The number of rotatable bonds is 13. The third kappa shape index (κ3) is 7.59. The van der Waals surface area contributed by atoms with Crippen molar-refractivity contribution in [2.24, 2.45) is 5.73 Å². The van der Waals surface area contributed by atoms with Gasteiger partial charge in [0.1, 0.15) is 5.82 Å². The zero-order valence-electron chi connectivity index (χ0n) is 12.4. The molecule has 0 saturated carbocycles. The fourth-order valence-electron chi connectivity index (χ4n) is 1.68. The van der Waals surface area contributed by atoms with E-state index in [0.717, 1.165) is 31.8 Å². The molecule has 2 N–H and O–H groups in total. The second kappa shape index (κ2) is 11.8. The minimum absolute atomic E-state index is 0.453. The lowest BCUT2D eigenvalue weighted by atomic mass is 10.4. The van der Waals surface area contributed by atoms with Gasteiger partial charge < -0.3 is 24.5 Å². The Morgan fingerprint density at radius 3 is 2.35 bits per heavy atom. The van der Waals surface area contributed by atoms with E-state index in [2.05, 4.69) is 11.9 Å². The molecule has 0 unspecified atom stereocenters. The molecule has 0 atom stereocenters. The molecule has 20 heavy (non-hydrogen) atoms. The van der Waals surface area contributed by atoms with Crippen LogP contribution in [0, 0.1) is 0 Å². The lowest BCUT2D eigenvalue weighted by molar-refractivity contribution is 0.0126. The fraction of sp³-hybridized carbons (Fsp3) is 0.786. The van der Waals surface area contributed by atoms with Gasteiger partial charge in [-0.3, -0.25) is 0 Å². The van der Waals surface area contributed by atoms with Gasteiger partial charge in [-0.05, 0) is 6.42 Å². The van der Waals surface area contributed by atoms with Crippen LogP contribution in [0.2, 0.25) is 0 Å². The van der Waals surface area contributed by atoms with Gasteiger partial charge in [0.05, 0.1) is 39.6 Å². The predicted molar refractivity (Wildman–Crippen MR) is 77.5 cm³/mol. The largest absolute Gasteiger partial charge is 0.379 e. The molecule has 0 aliphatic carbocycles. The van der Waals surface area contributed by atoms with E-state index in [0.29, 0.717) is 39.6 Å². The van der Waals surface area contributed by atoms with E-state index >= 15 is 0 Å². The maximum Gasteiger partial charge on any atom is 0.122 e. The molecule has 0 aliphatic heterocycles. The first kappa shape index (κ1) is 17.1. The number of unbranched alkanes of at least 4 members (excludes halogenated alkanes) is 1. The third-order valence-corrected chi connectivity index (χ3v) is 2.85. The summed E-state index contributed by atoms with van der Waals surface area (Å²) in [6.07, 6.45) is 5.94. The lowest BCUT2D eigenvalue weighted by Gasteiger charge is -2.08. The van der Waals surface area contributed by atoms with Gasteiger partial charge in [-0.2, -0.15) is 0 Å². The molecule has 6 heteroatoms. The number of ether oxygens (including phenoxy) is 3. The minimum Gasteiger partial charge on any atom is -0.379 e. The molecule has 0 amide bonds. The maximum absolute atomic E-state index is 5.57. The first-order valence-electron chi connectivity index (χ1n) is 7.31. The van der Waals surface area contributed by atoms with Crippen LogP contribution < -0.4 is 5.73 Å². The highest BCUT2D eigenvalue weighted by atomic mass is 16.5. The van der Waals surface area contributed by atoms with E-state index < -0.39 is 0 Å². The average molecular weight is 285 g/mol. The number of hydrogen-bond donors (Lipinski definition) is 1. The van der Waals surface area contributed by atoms with Crippen molar-refractivity contribution in [1.82, 2.24) is 9.55 Å². The van der Waals surface area contributed by atoms with Crippen LogP contribution in [0.15, 0.2) is 12.4 Å². The molecule has 0 spiro atoms. The minimum atomic E-state index is 0.453. The standard InChI is InChI=1S/C14H27N3O3/c1-2-3-7-18-9-11-20-12-10-19-8-6-17-5-4-16-14(17)13-15/h4-5H,2-3,6-13,15H2,1H3. The highest BCUT2D eigenvalue weighted by molar-refractivity contribution is 4.90. The van der Waals surface area contributed by atoms with Gasteiger partial charge in [0, 0.05) is 25.5 Å². The van der Waals surface area contributed by atoms with Crippen molar-refractivity contribution in [3.8, 4) is 0 Å². The lowest BCUT2D eigenvalue weighted by Crippen LogP contribution is -2.14. The quantitative estimate of drug-likeness (QED) is 0.551. The second-order valence-corrected chi connectivity index (χ2v) is 4.43. The molecule has 0 aliphatic rings. The first-order valence-corrected chi connectivity index (χ1v) is 7.31. The monoisotopic (exact) mass is 285 g/mol. The van der Waals surface area contributed by atoms with E-state index in [1.807, 2.05) is 10.8 Å². The molecule has 0 aromatic carbocycles. The van der Waals surface area contributed by atoms with Crippen LogP contribution in [0.25, 0.3) is 0 Å². The summed E-state index contributed by atoms with van der Waals surface area (Å²) < 4.78 is 18.3. The van der Waals surface area contributed by atoms with Crippen molar-refractivity contribution in [3.05, 3.63) is 18.2 Å². The number of imidazole rings is 1. The first-order chi connectivity index (χ1) is 9.88. The Morgan fingerprint density at radius 1 is 1.05 bits per heavy atom. The summed E-state index contributed by atoms with van der Waals surface area (Å²) in [5, 5.41) is 0. The van der Waals surface area contributed by atoms with Crippen LogP contribution in [0.5, 0.6) is 0 Å². The van der Waals surface area contributed by atoms with Crippen molar-refractivity contribution in [1.29, 1.82) is 0 Å². The summed E-state index contributed by atoms with van der Waals surface area (Å²) in [4.78, 5) is 4.15. The van der Waals surface area contributed by atoms with Gasteiger partial charge in [-0.25, -0.2) is 4.98 Å². The SMILES string of the molecule is CCCCOCCOCCOCCn1ccnc1CN. The zero-order chi connectivity index (χ0) is 14.5. The number of nitrogens with two attached hydrogens (primary N) is 1. The van der Waals surface area contributed by atoms with Crippen LogP contribution >= 0.6 is 0 Å². The molecule has 1 aromatic rings.